The normalized spacial score (nSPS) is 18.8. The quantitative estimate of drug-likeness (QED) is 0.909. The zero-order chi connectivity index (χ0) is 17.0. The summed E-state index contributed by atoms with van der Waals surface area (Å²) in [6, 6.07) is 19.1. The molecule has 1 heterocycles. The van der Waals surface area contributed by atoms with E-state index in [0.29, 0.717) is 25.9 Å². The highest BCUT2D eigenvalue weighted by molar-refractivity contribution is 5.94. The minimum Gasteiger partial charge on any atom is -0.385 e. The van der Waals surface area contributed by atoms with E-state index in [1.165, 1.54) is 0 Å². The Bertz CT molecular complexity index is 665. The molecular weight excluding hydrogens is 300 g/mol. The van der Waals surface area contributed by atoms with Crippen LogP contribution in [-0.2, 0) is 10.4 Å². The molecule has 126 valence electrons. The molecule has 0 radical (unpaired) electrons. The van der Waals surface area contributed by atoms with E-state index in [1.807, 2.05) is 67.6 Å². The van der Waals surface area contributed by atoms with Crippen LogP contribution in [0, 0.1) is 0 Å². The van der Waals surface area contributed by atoms with E-state index in [0.717, 1.165) is 11.3 Å². The van der Waals surface area contributed by atoms with Crippen molar-refractivity contribution in [3.05, 3.63) is 66.2 Å². The van der Waals surface area contributed by atoms with Gasteiger partial charge in [-0.1, -0.05) is 48.5 Å². The molecule has 2 aromatic carbocycles. The molecule has 2 N–H and O–H groups in total. The summed E-state index contributed by atoms with van der Waals surface area (Å²) in [5.74, 6) is -0.00801. The Balaban J connectivity index is 1.59. The van der Waals surface area contributed by atoms with Gasteiger partial charge < -0.3 is 10.4 Å². The van der Waals surface area contributed by atoms with Crippen molar-refractivity contribution in [2.24, 2.45) is 0 Å². The second-order valence-electron chi connectivity index (χ2n) is 6.46. The molecule has 1 aliphatic heterocycles. The van der Waals surface area contributed by atoms with E-state index < -0.39 is 5.60 Å². The highest BCUT2D eigenvalue weighted by Gasteiger charge is 2.36. The van der Waals surface area contributed by atoms with E-state index in [-0.39, 0.29) is 11.9 Å². The van der Waals surface area contributed by atoms with Gasteiger partial charge in [-0.2, -0.15) is 0 Å². The van der Waals surface area contributed by atoms with E-state index in [2.05, 4.69) is 10.2 Å². The van der Waals surface area contributed by atoms with Crippen molar-refractivity contribution in [1.82, 2.24) is 4.90 Å². The van der Waals surface area contributed by atoms with Crippen molar-refractivity contribution < 1.29 is 9.90 Å². The third-order valence-corrected chi connectivity index (χ3v) is 4.90. The first kappa shape index (κ1) is 16.7. The Morgan fingerprint density at radius 3 is 2.17 bits per heavy atom. The van der Waals surface area contributed by atoms with Crippen LogP contribution in [0.25, 0.3) is 0 Å². The van der Waals surface area contributed by atoms with E-state index in [1.54, 1.807) is 0 Å². The van der Waals surface area contributed by atoms with Crippen LogP contribution in [0.15, 0.2) is 60.7 Å². The number of para-hydroxylation sites is 1. The molecule has 1 aliphatic rings. The van der Waals surface area contributed by atoms with Gasteiger partial charge >= 0.3 is 0 Å². The number of rotatable bonds is 4. The number of carbonyl (C=O) groups excluding carboxylic acids is 1. The third kappa shape index (κ3) is 3.66. The highest BCUT2D eigenvalue weighted by atomic mass is 16.3. The molecule has 0 spiro atoms. The van der Waals surface area contributed by atoms with Crippen LogP contribution in [0.2, 0.25) is 0 Å². The van der Waals surface area contributed by atoms with Crippen molar-refractivity contribution in [3.63, 3.8) is 0 Å². The van der Waals surface area contributed by atoms with Crippen LogP contribution < -0.4 is 5.32 Å². The molecule has 1 atom stereocenters. The monoisotopic (exact) mass is 324 g/mol. The smallest absolute Gasteiger partial charge is 0.241 e. The lowest BCUT2D eigenvalue weighted by Crippen LogP contribution is -2.49. The van der Waals surface area contributed by atoms with E-state index >= 15 is 0 Å². The first-order valence-electron chi connectivity index (χ1n) is 8.46. The average Bonchev–Trinajstić information content (AvgIpc) is 2.63. The van der Waals surface area contributed by atoms with Gasteiger partial charge in [0.1, 0.15) is 0 Å². The van der Waals surface area contributed by atoms with Gasteiger partial charge in [-0.15, -0.1) is 0 Å². The molecule has 1 saturated heterocycles. The molecule has 1 unspecified atom stereocenters. The standard InChI is InChI=1S/C20H24N2O2/c1-16(19(23)21-18-10-6-3-7-11-18)22-14-12-20(24,13-15-22)17-8-4-2-5-9-17/h2-11,16,24H,12-15H2,1H3,(H,21,23). The fourth-order valence-electron chi connectivity index (χ4n) is 3.25. The van der Waals surface area contributed by atoms with Crippen LogP contribution >= 0.6 is 0 Å². The van der Waals surface area contributed by atoms with Gasteiger partial charge in [0, 0.05) is 18.8 Å². The maximum absolute atomic E-state index is 12.4. The summed E-state index contributed by atoms with van der Waals surface area (Å²) in [6.07, 6.45) is 1.28. The van der Waals surface area contributed by atoms with Crippen LogP contribution in [0.3, 0.4) is 0 Å². The largest absolute Gasteiger partial charge is 0.385 e. The molecule has 3 rings (SSSR count). The van der Waals surface area contributed by atoms with Gasteiger partial charge in [-0.05, 0) is 37.5 Å². The maximum atomic E-state index is 12.4. The number of benzene rings is 2. The highest BCUT2D eigenvalue weighted by Crippen LogP contribution is 2.33. The predicted molar refractivity (Wildman–Crippen MR) is 95.7 cm³/mol. The zero-order valence-electron chi connectivity index (χ0n) is 14.0. The number of aliphatic hydroxyl groups is 1. The predicted octanol–water partition coefficient (Wildman–Crippen LogP) is 3.00. The van der Waals surface area contributed by atoms with Crippen LogP contribution in [-0.4, -0.2) is 35.0 Å². The van der Waals surface area contributed by atoms with Gasteiger partial charge in [0.15, 0.2) is 0 Å². The van der Waals surface area contributed by atoms with Crippen molar-refractivity contribution in [2.45, 2.75) is 31.4 Å². The molecule has 1 amide bonds. The maximum Gasteiger partial charge on any atom is 0.241 e. The van der Waals surface area contributed by atoms with Gasteiger partial charge in [0.05, 0.1) is 11.6 Å². The summed E-state index contributed by atoms with van der Waals surface area (Å²) in [5, 5.41) is 13.8. The minimum absolute atomic E-state index is 0.00801. The lowest BCUT2D eigenvalue weighted by Gasteiger charge is -2.40. The number of nitrogens with one attached hydrogen (secondary N) is 1. The Morgan fingerprint density at radius 1 is 1.04 bits per heavy atom. The summed E-state index contributed by atoms with van der Waals surface area (Å²) in [6.45, 7) is 3.33. The van der Waals surface area contributed by atoms with Crippen LogP contribution in [0.1, 0.15) is 25.3 Å². The SMILES string of the molecule is CC(C(=O)Nc1ccccc1)N1CCC(O)(c2ccccc2)CC1. The molecule has 24 heavy (non-hydrogen) atoms. The Kier molecular flexibility index (Phi) is 4.97. The topological polar surface area (TPSA) is 52.6 Å². The zero-order valence-corrected chi connectivity index (χ0v) is 14.0. The second-order valence-corrected chi connectivity index (χ2v) is 6.46. The molecule has 0 aromatic heterocycles. The number of anilines is 1. The number of nitrogens with zero attached hydrogens (tertiary/aromatic N) is 1. The van der Waals surface area contributed by atoms with Gasteiger partial charge in [-0.25, -0.2) is 0 Å². The first-order chi connectivity index (χ1) is 11.6. The molecular formula is C20H24N2O2. The fourth-order valence-corrected chi connectivity index (χ4v) is 3.25. The number of likely N-dealkylation sites (tertiary alicyclic amines) is 1. The number of carbonyl (C=O) groups is 1. The summed E-state index contributed by atoms with van der Waals surface area (Å²) < 4.78 is 0. The van der Waals surface area contributed by atoms with Crippen LogP contribution in [0.5, 0.6) is 0 Å². The van der Waals surface area contributed by atoms with Gasteiger partial charge in [0.2, 0.25) is 5.91 Å². The molecule has 4 heteroatoms. The number of hydrogen-bond donors (Lipinski definition) is 2. The molecule has 0 aliphatic carbocycles. The lowest BCUT2D eigenvalue weighted by atomic mass is 9.84. The molecule has 4 nitrogen and oxygen atoms in total. The third-order valence-electron chi connectivity index (χ3n) is 4.90. The number of amides is 1. The molecule has 1 fully saturated rings. The number of hydrogen-bond acceptors (Lipinski definition) is 3. The van der Waals surface area contributed by atoms with E-state index in [9.17, 15) is 9.90 Å². The van der Waals surface area contributed by atoms with Gasteiger partial charge in [0.25, 0.3) is 0 Å². The van der Waals surface area contributed by atoms with Crippen molar-refractivity contribution >= 4 is 11.6 Å². The van der Waals surface area contributed by atoms with Crippen molar-refractivity contribution in [3.8, 4) is 0 Å². The fraction of sp³-hybridized carbons (Fsp3) is 0.350. The van der Waals surface area contributed by atoms with E-state index in [4.69, 9.17) is 0 Å². The second kappa shape index (κ2) is 7.16. The van der Waals surface area contributed by atoms with Gasteiger partial charge in [-0.3, -0.25) is 9.69 Å². The Hall–Kier alpha value is -2.17. The first-order valence-corrected chi connectivity index (χ1v) is 8.46. The molecule has 0 bridgehead atoms. The van der Waals surface area contributed by atoms with Crippen LogP contribution in [0.4, 0.5) is 5.69 Å². The average molecular weight is 324 g/mol. The summed E-state index contributed by atoms with van der Waals surface area (Å²) >= 11 is 0. The van der Waals surface area contributed by atoms with Crippen molar-refractivity contribution in [1.29, 1.82) is 0 Å². The lowest BCUT2D eigenvalue weighted by molar-refractivity contribution is -0.123. The minimum atomic E-state index is -0.784. The van der Waals surface area contributed by atoms with Crippen molar-refractivity contribution in [2.75, 3.05) is 18.4 Å². The Labute approximate surface area is 143 Å². The molecule has 2 aromatic rings. The molecule has 0 saturated carbocycles. The number of piperidine rings is 1. The summed E-state index contributed by atoms with van der Waals surface area (Å²) in [5.41, 5.74) is 0.992. The summed E-state index contributed by atoms with van der Waals surface area (Å²) in [4.78, 5) is 14.6. The summed E-state index contributed by atoms with van der Waals surface area (Å²) in [7, 11) is 0. The Morgan fingerprint density at radius 2 is 1.58 bits per heavy atom.